The van der Waals surface area contributed by atoms with Crippen molar-refractivity contribution >= 4 is 16.9 Å². The Bertz CT molecular complexity index is 1480. The molecular formula is C33H40F3N3O6. The number of aliphatic hydroxyl groups excluding tert-OH is 1. The van der Waals surface area contributed by atoms with Gasteiger partial charge in [-0.1, -0.05) is 0 Å². The molecule has 0 spiro atoms. The van der Waals surface area contributed by atoms with E-state index < -0.39 is 40.7 Å². The highest BCUT2D eigenvalue weighted by Gasteiger charge is 2.37. The second kappa shape index (κ2) is 14.8. The summed E-state index contributed by atoms with van der Waals surface area (Å²) < 4.78 is 57.2. The molecule has 45 heavy (non-hydrogen) atoms. The van der Waals surface area contributed by atoms with E-state index in [0.717, 1.165) is 41.2 Å². The van der Waals surface area contributed by atoms with E-state index in [1.54, 1.807) is 7.11 Å². The summed E-state index contributed by atoms with van der Waals surface area (Å²) in [6, 6.07) is 6.87. The summed E-state index contributed by atoms with van der Waals surface area (Å²) in [6.07, 6.45) is 2.99. The van der Waals surface area contributed by atoms with E-state index in [-0.39, 0.29) is 13.0 Å². The van der Waals surface area contributed by atoms with E-state index in [1.807, 2.05) is 24.4 Å². The molecule has 0 aliphatic carbocycles. The Morgan fingerprint density at radius 1 is 1.09 bits per heavy atom. The fraction of sp³-hybridized carbons (Fsp3) is 0.515. The zero-order valence-corrected chi connectivity index (χ0v) is 25.4. The van der Waals surface area contributed by atoms with Gasteiger partial charge in [-0.2, -0.15) is 4.39 Å². The smallest absolute Gasteiger partial charge is 0.303 e. The minimum atomic E-state index is -1.31. The van der Waals surface area contributed by atoms with Gasteiger partial charge in [0.05, 0.1) is 38.4 Å². The fourth-order valence-corrected chi connectivity index (χ4v) is 6.48. The van der Waals surface area contributed by atoms with E-state index in [9.17, 15) is 28.2 Å². The lowest BCUT2D eigenvalue weighted by atomic mass is 9.71. The zero-order valence-electron chi connectivity index (χ0n) is 25.4. The van der Waals surface area contributed by atoms with Crippen LogP contribution in [0, 0.1) is 22.9 Å². The first-order chi connectivity index (χ1) is 21.7. The molecule has 3 aromatic rings. The predicted octanol–water partition coefficient (Wildman–Crippen LogP) is 4.94. The molecule has 5 rings (SSSR count). The molecule has 2 N–H and O–H groups in total. The molecule has 244 valence electrons. The quantitative estimate of drug-likeness (QED) is 0.254. The summed E-state index contributed by atoms with van der Waals surface area (Å²) in [5.41, 5.74) is 1.92. The van der Waals surface area contributed by atoms with Crippen LogP contribution in [0.5, 0.6) is 11.5 Å². The number of fused-ring (bicyclic) bond motifs is 1. The number of hydrogen-bond donors (Lipinski definition) is 2. The van der Waals surface area contributed by atoms with E-state index in [2.05, 4.69) is 14.8 Å². The number of ether oxygens (including phenoxy) is 3. The van der Waals surface area contributed by atoms with E-state index in [4.69, 9.17) is 14.2 Å². The second-order valence-corrected chi connectivity index (χ2v) is 12.0. The molecule has 0 unspecified atom stereocenters. The molecule has 2 fully saturated rings. The topological polar surface area (TPSA) is 105 Å². The number of rotatable bonds is 13. The molecule has 1 atom stereocenters. The average molecular weight is 632 g/mol. The van der Waals surface area contributed by atoms with Gasteiger partial charge in [0.25, 0.3) is 0 Å². The van der Waals surface area contributed by atoms with Crippen LogP contribution in [0.1, 0.15) is 49.3 Å². The Morgan fingerprint density at radius 3 is 2.56 bits per heavy atom. The Kier molecular flexibility index (Phi) is 10.8. The molecule has 2 aromatic carbocycles. The normalized spacial score (nSPS) is 18.2. The number of carboxylic acid groups (broad SMARTS) is 1. The van der Waals surface area contributed by atoms with Crippen molar-refractivity contribution in [3.05, 3.63) is 65.1 Å². The van der Waals surface area contributed by atoms with Gasteiger partial charge in [0.15, 0.2) is 11.6 Å². The van der Waals surface area contributed by atoms with Crippen molar-refractivity contribution in [2.45, 2.75) is 44.8 Å². The number of carboxylic acids is 1. The van der Waals surface area contributed by atoms with E-state index in [0.29, 0.717) is 76.9 Å². The van der Waals surface area contributed by atoms with Gasteiger partial charge in [-0.25, -0.2) is 8.78 Å². The lowest BCUT2D eigenvalue weighted by molar-refractivity contribution is -0.141. The van der Waals surface area contributed by atoms with Gasteiger partial charge in [0.1, 0.15) is 18.2 Å². The maximum atomic E-state index is 13.9. The van der Waals surface area contributed by atoms with Crippen molar-refractivity contribution in [3.8, 4) is 11.5 Å². The number of halogens is 3. The first-order valence-electron chi connectivity index (χ1n) is 15.3. The molecule has 2 saturated heterocycles. The van der Waals surface area contributed by atoms with Gasteiger partial charge in [0.2, 0.25) is 5.82 Å². The first-order valence-corrected chi connectivity index (χ1v) is 15.3. The van der Waals surface area contributed by atoms with Crippen LogP contribution >= 0.6 is 0 Å². The maximum Gasteiger partial charge on any atom is 0.303 e. The summed E-state index contributed by atoms with van der Waals surface area (Å²) in [7, 11) is 1.59. The molecular weight excluding hydrogens is 591 g/mol. The van der Waals surface area contributed by atoms with Crippen molar-refractivity contribution in [2.75, 3.05) is 59.7 Å². The summed E-state index contributed by atoms with van der Waals surface area (Å²) in [5, 5.41) is 22.4. The number of piperidine rings is 1. The first kappa shape index (κ1) is 32.9. The van der Waals surface area contributed by atoms with E-state index >= 15 is 0 Å². The molecule has 0 bridgehead atoms. The summed E-state index contributed by atoms with van der Waals surface area (Å²) in [6.45, 7) is 5.02. The molecule has 2 aliphatic heterocycles. The molecule has 0 amide bonds. The van der Waals surface area contributed by atoms with Crippen LogP contribution in [0.4, 0.5) is 13.2 Å². The highest BCUT2D eigenvalue weighted by atomic mass is 19.2. The van der Waals surface area contributed by atoms with Gasteiger partial charge in [-0.15, -0.1) is 0 Å². The van der Waals surface area contributed by atoms with Crippen molar-refractivity contribution < 1.29 is 42.4 Å². The number of methoxy groups -OCH3 is 1. The number of nitrogens with zero attached hydrogens (tertiary/aromatic N) is 3. The van der Waals surface area contributed by atoms with Crippen LogP contribution in [-0.2, 0) is 16.1 Å². The van der Waals surface area contributed by atoms with Crippen LogP contribution < -0.4 is 9.47 Å². The predicted molar refractivity (Wildman–Crippen MR) is 161 cm³/mol. The van der Waals surface area contributed by atoms with Gasteiger partial charge in [-0.3, -0.25) is 19.6 Å². The molecule has 3 heterocycles. The van der Waals surface area contributed by atoms with Crippen LogP contribution in [0.2, 0.25) is 0 Å². The molecule has 1 aromatic heterocycles. The van der Waals surface area contributed by atoms with Crippen molar-refractivity contribution in [2.24, 2.45) is 5.41 Å². The van der Waals surface area contributed by atoms with Crippen molar-refractivity contribution in [1.29, 1.82) is 0 Å². The van der Waals surface area contributed by atoms with Crippen molar-refractivity contribution in [3.63, 3.8) is 0 Å². The van der Waals surface area contributed by atoms with Crippen molar-refractivity contribution in [1.82, 2.24) is 14.8 Å². The minimum Gasteiger partial charge on any atom is -0.497 e. The number of benzene rings is 2. The largest absolute Gasteiger partial charge is 0.497 e. The molecule has 9 nitrogen and oxygen atoms in total. The molecule has 2 aliphatic rings. The van der Waals surface area contributed by atoms with Crippen LogP contribution in [0.3, 0.4) is 0 Å². The standard InChI is InChI=1S/C33H40F3N3O6/c1-43-24-2-3-27-25(18-24)31(22(20-37-27)21-39-10-13-44-14-11-39)28(40)4-5-33(19-30(41)42)6-8-38(9-7-33)12-15-45-29-17-23(34)16-26(35)32(29)36/h2-3,16-18,20,28,40H,4-15,19,21H2,1H3,(H,41,42)/t28-/m0/s1. The van der Waals surface area contributed by atoms with Crippen LogP contribution in [-0.4, -0.2) is 90.6 Å². The highest BCUT2D eigenvalue weighted by Crippen LogP contribution is 2.42. The van der Waals surface area contributed by atoms with Crippen LogP contribution in [0.25, 0.3) is 10.9 Å². The molecule has 12 heteroatoms. The number of aromatic nitrogens is 1. The van der Waals surface area contributed by atoms with Gasteiger partial charge >= 0.3 is 5.97 Å². The number of aliphatic hydroxyl groups is 1. The zero-order chi connectivity index (χ0) is 32.0. The third kappa shape index (κ3) is 8.23. The SMILES string of the molecule is COc1ccc2ncc(CN3CCOCC3)c([C@@H](O)CCC3(CC(=O)O)CCN(CCOc4cc(F)cc(F)c4F)CC3)c2c1. The van der Waals surface area contributed by atoms with Gasteiger partial charge < -0.3 is 24.4 Å². The minimum absolute atomic E-state index is 0.0228. The van der Waals surface area contributed by atoms with E-state index in [1.165, 1.54) is 0 Å². The number of morpholine rings is 1. The second-order valence-electron chi connectivity index (χ2n) is 12.0. The summed E-state index contributed by atoms with van der Waals surface area (Å²) >= 11 is 0. The third-order valence-electron chi connectivity index (χ3n) is 9.05. The lowest BCUT2D eigenvalue weighted by Gasteiger charge is -2.41. The number of carbonyl (C=O) groups is 1. The Hall–Kier alpha value is -3.45. The third-order valence-corrected chi connectivity index (χ3v) is 9.05. The lowest BCUT2D eigenvalue weighted by Crippen LogP contribution is -2.42. The Morgan fingerprint density at radius 2 is 1.84 bits per heavy atom. The van der Waals surface area contributed by atoms with Crippen LogP contribution in [0.15, 0.2) is 36.5 Å². The number of aliphatic carboxylic acids is 1. The van der Waals surface area contributed by atoms with Gasteiger partial charge in [0, 0.05) is 49.9 Å². The fourth-order valence-electron chi connectivity index (χ4n) is 6.48. The Balaban J connectivity index is 1.27. The number of likely N-dealkylation sites (tertiary alicyclic amines) is 1. The molecule has 0 radical (unpaired) electrons. The molecule has 0 saturated carbocycles. The number of hydrogen-bond acceptors (Lipinski definition) is 8. The monoisotopic (exact) mass is 631 g/mol. The van der Waals surface area contributed by atoms with Gasteiger partial charge in [-0.05, 0) is 73.5 Å². The number of pyridine rings is 1. The summed E-state index contributed by atoms with van der Waals surface area (Å²) in [5.74, 6) is -4.18. The maximum absolute atomic E-state index is 13.9. The average Bonchev–Trinajstić information content (AvgIpc) is 3.03. The summed E-state index contributed by atoms with van der Waals surface area (Å²) in [4.78, 5) is 21.0. The highest BCUT2D eigenvalue weighted by molar-refractivity contribution is 5.85. The Labute approximate surface area is 260 Å².